The molecule has 0 aromatic rings. The number of rotatable bonds is 4. The number of ketones is 1. The molecule has 0 radical (unpaired) electrons. The van der Waals surface area contributed by atoms with Crippen molar-refractivity contribution in [3.8, 4) is 0 Å². The Hall–Kier alpha value is -0.510. The van der Waals surface area contributed by atoms with Crippen LogP contribution in [0.3, 0.4) is 0 Å². The number of likely N-dealkylation sites (tertiary alicyclic amines) is 1. The lowest BCUT2D eigenvalue weighted by Gasteiger charge is -2.34. The van der Waals surface area contributed by atoms with Crippen LogP contribution in [0.15, 0.2) is 0 Å². The maximum absolute atomic E-state index is 12.2. The first kappa shape index (κ1) is 11.6. The lowest BCUT2D eigenvalue weighted by atomic mass is 9.98. The van der Waals surface area contributed by atoms with Crippen molar-refractivity contribution in [2.24, 2.45) is 0 Å². The summed E-state index contributed by atoms with van der Waals surface area (Å²) in [4.78, 5) is 12.7. The molecular weight excluding hydrogens is 188 g/mol. The molecule has 0 aliphatic carbocycles. The van der Waals surface area contributed by atoms with E-state index in [0.29, 0.717) is 13.0 Å². The standard InChI is InChI=1S/C10H17F2NO/c1-8(14)6-9-4-2-3-5-13(9)7-10(11)12/h9-10H,2-7H2,1H3. The molecule has 1 fully saturated rings. The molecule has 1 rings (SSSR count). The highest BCUT2D eigenvalue weighted by Crippen LogP contribution is 2.20. The number of alkyl halides is 2. The fourth-order valence-corrected chi connectivity index (χ4v) is 2.04. The molecule has 1 saturated heterocycles. The van der Waals surface area contributed by atoms with E-state index in [1.54, 1.807) is 4.90 Å². The summed E-state index contributed by atoms with van der Waals surface area (Å²) in [6.07, 6.45) is 1.04. The van der Waals surface area contributed by atoms with Crippen LogP contribution in [0.1, 0.15) is 32.6 Å². The summed E-state index contributed by atoms with van der Waals surface area (Å²) >= 11 is 0. The number of piperidine rings is 1. The Morgan fingerprint density at radius 2 is 2.21 bits per heavy atom. The van der Waals surface area contributed by atoms with Crippen molar-refractivity contribution in [1.29, 1.82) is 0 Å². The summed E-state index contributed by atoms with van der Waals surface area (Å²) in [6, 6.07) is 0.0512. The molecule has 1 heterocycles. The van der Waals surface area contributed by atoms with E-state index in [9.17, 15) is 13.6 Å². The average molecular weight is 205 g/mol. The van der Waals surface area contributed by atoms with Gasteiger partial charge in [0.2, 0.25) is 0 Å². The number of halogens is 2. The van der Waals surface area contributed by atoms with E-state index in [4.69, 9.17) is 0 Å². The molecule has 2 nitrogen and oxygen atoms in total. The molecule has 1 unspecified atom stereocenters. The van der Waals surface area contributed by atoms with Crippen LogP contribution in [0, 0.1) is 0 Å². The molecule has 1 atom stereocenters. The van der Waals surface area contributed by atoms with Crippen LogP contribution in [0.5, 0.6) is 0 Å². The van der Waals surface area contributed by atoms with E-state index >= 15 is 0 Å². The van der Waals surface area contributed by atoms with Crippen molar-refractivity contribution in [1.82, 2.24) is 4.90 Å². The largest absolute Gasteiger partial charge is 0.300 e. The summed E-state index contributed by atoms with van der Waals surface area (Å²) in [7, 11) is 0. The van der Waals surface area contributed by atoms with Crippen LogP contribution < -0.4 is 0 Å². The maximum Gasteiger partial charge on any atom is 0.251 e. The van der Waals surface area contributed by atoms with Crippen LogP contribution in [-0.4, -0.2) is 36.2 Å². The van der Waals surface area contributed by atoms with Gasteiger partial charge in [0.25, 0.3) is 6.43 Å². The molecule has 0 spiro atoms. The minimum atomic E-state index is -2.29. The third-order valence-corrected chi connectivity index (χ3v) is 2.64. The van der Waals surface area contributed by atoms with Gasteiger partial charge in [0.05, 0.1) is 6.54 Å². The van der Waals surface area contributed by atoms with E-state index in [1.807, 2.05) is 0 Å². The van der Waals surface area contributed by atoms with Gasteiger partial charge in [-0.15, -0.1) is 0 Å². The summed E-state index contributed by atoms with van der Waals surface area (Å²) in [5, 5.41) is 0. The molecule has 0 saturated carbocycles. The normalized spacial score (nSPS) is 24.1. The van der Waals surface area contributed by atoms with Crippen LogP contribution in [0.25, 0.3) is 0 Å². The lowest BCUT2D eigenvalue weighted by Crippen LogP contribution is -2.43. The van der Waals surface area contributed by atoms with Crippen LogP contribution in [0.4, 0.5) is 8.78 Å². The fourth-order valence-electron chi connectivity index (χ4n) is 2.04. The molecule has 0 aromatic carbocycles. The minimum Gasteiger partial charge on any atom is -0.300 e. The highest BCUT2D eigenvalue weighted by atomic mass is 19.3. The van der Waals surface area contributed by atoms with Gasteiger partial charge >= 0.3 is 0 Å². The third kappa shape index (κ3) is 3.70. The van der Waals surface area contributed by atoms with Crippen molar-refractivity contribution in [3.63, 3.8) is 0 Å². The van der Waals surface area contributed by atoms with E-state index in [0.717, 1.165) is 19.3 Å². The SMILES string of the molecule is CC(=O)CC1CCCCN1CC(F)F. The minimum absolute atomic E-state index is 0.0512. The van der Waals surface area contributed by atoms with Crippen LogP contribution in [-0.2, 0) is 4.79 Å². The molecule has 0 aromatic heterocycles. The number of nitrogens with zero attached hydrogens (tertiary/aromatic N) is 1. The van der Waals surface area contributed by atoms with E-state index in [1.165, 1.54) is 6.92 Å². The topological polar surface area (TPSA) is 20.3 Å². The number of hydrogen-bond acceptors (Lipinski definition) is 2. The summed E-state index contributed by atoms with van der Waals surface area (Å²) in [5.74, 6) is 0.0937. The van der Waals surface area contributed by atoms with Crippen LogP contribution >= 0.6 is 0 Å². The number of Topliss-reactive ketones (excluding diaryl/α,β-unsaturated/α-hetero) is 1. The van der Waals surface area contributed by atoms with Gasteiger partial charge in [0, 0.05) is 12.5 Å². The van der Waals surface area contributed by atoms with E-state index < -0.39 is 6.43 Å². The van der Waals surface area contributed by atoms with Gasteiger partial charge in [0.1, 0.15) is 5.78 Å². The number of carbonyl (C=O) groups is 1. The van der Waals surface area contributed by atoms with Crippen molar-refractivity contribution >= 4 is 5.78 Å². The van der Waals surface area contributed by atoms with Gasteiger partial charge in [-0.25, -0.2) is 8.78 Å². The number of carbonyl (C=O) groups excluding carboxylic acids is 1. The summed E-state index contributed by atoms with van der Waals surface area (Å²) < 4.78 is 24.4. The van der Waals surface area contributed by atoms with E-state index in [-0.39, 0.29) is 18.4 Å². The fraction of sp³-hybridized carbons (Fsp3) is 0.900. The van der Waals surface area contributed by atoms with Gasteiger partial charge in [-0.3, -0.25) is 9.69 Å². The van der Waals surface area contributed by atoms with Crippen LogP contribution in [0.2, 0.25) is 0 Å². The predicted molar refractivity (Wildman–Crippen MR) is 50.5 cm³/mol. The zero-order valence-electron chi connectivity index (χ0n) is 8.51. The highest BCUT2D eigenvalue weighted by Gasteiger charge is 2.25. The first-order valence-corrected chi connectivity index (χ1v) is 5.11. The summed E-state index contributed by atoms with van der Waals surface area (Å²) in [6.45, 7) is 2.05. The second-order valence-corrected chi connectivity index (χ2v) is 3.94. The monoisotopic (exact) mass is 205 g/mol. The van der Waals surface area contributed by atoms with Gasteiger partial charge < -0.3 is 0 Å². The molecule has 1 aliphatic heterocycles. The van der Waals surface area contributed by atoms with Gasteiger partial charge in [-0.1, -0.05) is 6.42 Å². The molecule has 4 heteroatoms. The van der Waals surface area contributed by atoms with E-state index in [2.05, 4.69) is 0 Å². The predicted octanol–water partition coefficient (Wildman–Crippen LogP) is 2.09. The first-order chi connectivity index (χ1) is 6.59. The Morgan fingerprint density at radius 3 is 2.79 bits per heavy atom. The second kappa shape index (κ2) is 5.39. The third-order valence-electron chi connectivity index (χ3n) is 2.64. The Labute approximate surface area is 83.3 Å². The average Bonchev–Trinajstić information content (AvgIpc) is 2.06. The Balaban J connectivity index is 2.45. The summed E-state index contributed by atoms with van der Waals surface area (Å²) in [5.41, 5.74) is 0. The Bertz CT molecular complexity index is 197. The van der Waals surface area contributed by atoms with Gasteiger partial charge in [0.15, 0.2) is 0 Å². The molecule has 14 heavy (non-hydrogen) atoms. The Morgan fingerprint density at radius 1 is 1.50 bits per heavy atom. The number of hydrogen-bond donors (Lipinski definition) is 0. The van der Waals surface area contributed by atoms with Crippen molar-refractivity contribution < 1.29 is 13.6 Å². The highest BCUT2D eigenvalue weighted by molar-refractivity contribution is 5.76. The molecule has 0 N–H and O–H groups in total. The van der Waals surface area contributed by atoms with Crippen molar-refractivity contribution in [3.05, 3.63) is 0 Å². The quantitative estimate of drug-likeness (QED) is 0.700. The first-order valence-electron chi connectivity index (χ1n) is 5.11. The van der Waals surface area contributed by atoms with Gasteiger partial charge in [-0.2, -0.15) is 0 Å². The van der Waals surface area contributed by atoms with Crippen molar-refractivity contribution in [2.45, 2.75) is 45.1 Å². The van der Waals surface area contributed by atoms with Gasteiger partial charge in [-0.05, 0) is 26.3 Å². The second-order valence-electron chi connectivity index (χ2n) is 3.94. The molecule has 1 aliphatic rings. The molecule has 82 valence electrons. The smallest absolute Gasteiger partial charge is 0.251 e. The molecule has 0 amide bonds. The maximum atomic E-state index is 12.2. The molecular formula is C10H17F2NO. The lowest BCUT2D eigenvalue weighted by molar-refractivity contribution is -0.118. The Kier molecular flexibility index (Phi) is 4.45. The zero-order valence-corrected chi connectivity index (χ0v) is 8.51. The molecule has 0 bridgehead atoms. The van der Waals surface area contributed by atoms with Crippen molar-refractivity contribution in [2.75, 3.05) is 13.1 Å². The zero-order chi connectivity index (χ0) is 10.6.